The van der Waals surface area contributed by atoms with E-state index in [1.807, 2.05) is 0 Å². The fraction of sp³-hybridized carbons (Fsp3) is 0.867. The Bertz CT molecular complexity index is 332. The van der Waals surface area contributed by atoms with Crippen LogP contribution in [0.25, 0.3) is 16.0 Å². The van der Waals surface area contributed by atoms with E-state index in [0.717, 1.165) is 39.3 Å². The molecule has 0 saturated heterocycles. The van der Waals surface area contributed by atoms with Gasteiger partial charge in [0.25, 0.3) is 0 Å². The van der Waals surface area contributed by atoms with E-state index < -0.39 is 0 Å². The summed E-state index contributed by atoms with van der Waals surface area (Å²) in [6, 6.07) is 0. The Balaban J connectivity index is -0.000000378. The van der Waals surface area contributed by atoms with E-state index in [-0.39, 0.29) is 0 Å². The van der Waals surface area contributed by atoms with E-state index in [2.05, 4.69) is 80.9 Å². The van der Waals surface area contributed by atoms with Crippen LogP contribution in [0.3, 0.4) is 0 Å². The normalized spacial score (nSPS) is 11.3. The molecule has 0 radical (unpaired) electrons. The molecule has 0 bridgehead atoms. The van der Waals surface area contributed by atoms with Crippen LogP contribution < -0.4 is 0 Å². The quantitative estimate of drug-likeness (QED) is 0.122. The second-order valence-electron chi connectivity index (χ2n) is 8.71. The number of rotatable bonds is 19. The van der Waals surface area contributed by atoms with Crippen LogP contribution in [-0.4, -0.2) is 39.3 Å². The van der Waals surface area contributed by atoms with Crippen LogP contribution in [0.5, 0.6) is 0 Å². The summed E-state index contributed by atoms with van der Waals surface area (Å²) in [4.78, 5) is 0. The Morgan fingerprint density at radius 2 is 0.853 bits per heavy atom. The molecule has 201 valence electrons. The Hall–Kier alpha value is 0.0743. The number of nitrogens with zero attached hydrogens (tertiary/aromatic N) is 3. The third-order valence-corrected chi connectivity index (χ3v) is 6.69. The zero-order chi connectivity index (χ0) is 26.0. The van der Waals surface area contributed by atoms with Crippen LogP contribution >= 0.6 is 0 Å². The Labute approximate surface area is 226 Å². The minimum absolute atomic E-state index is 0.292. The number of allylic oxidation sites excluding steroid dienone is 4. The topological polar surface area (TPSA) is 42.3 Å². The number of hydrogen-bond acceptors (Lipinski definition) is 0. The average molecular weight is 513 g/mol. The molecule has 0 saturated carbocycles. The fourth-order valence-electron chi connectivity index (χ4n) is 2.59. The summed E-state index contributed by atoms with van der Waals surface area (Å²) in [7, 11) is 0. The van der Waals surface area contributed by atoms with Gasteiger partial charge in [-0.1, -0.05) is 119 Å². The summed E-state index contributed by atoms with van der Waals surface area (Å²) in [6.07, 6.45) is 23.1. The van der Waals surface area contributed by atoms with Crippen molar-refractivity contribution in [1.29, 1.82) is 0 Å². The first-order valence-corrected chi connectivity index (χ1v) is 16.9. The van der Waals surface area contributed by atoms with Gasteiger partial charge in [0.1, 0.15) is 0 Å². The van der Waals surface area contributed by atoms with Crippen molar-refractivity contribution >= 4 is 0 Å². The molecule has 0 unspecified atom stereocenters. The minimum atomic E-state index is 0.292. The number of unbranched alkanes of at least 4 members (excludes halogenated alkanes) is 6. The molecule has 1 aliphatic carbocycles. The van der Waals surface area contributed by atoms with Gasteiger partial charge < -0.3 is 16.0 Å². The van der Waals surface area contributed by atoms with Crippen LogP contribution in [0.2, 0.25) is 5.23 Å². The van der Waals surface area contributed by atoms with E-state index in [9.17, 15) is 0 Å². The van der Waals surface area contributed by atoms with Gasteiger partial charge in [0.2, 0.25) is 0 Å². The maximum atomic E-state index is 4.35. The molecule has 0 amide bonds. The van der Waals surface area contributed by atoms with Crippen molar-refractivity contribution in [3.63, 3.8) is 0 Å². The van der Waals surface area contributed by atoms with Crippen LogP contribution in [-0.2, 0) is 19.2 Å². The summed E-state index contributed by atoms with van der Waals surface area (Å²) in [5.41, 5.74) is 0. The molecular weight excluding hydrogens is 450 g/mol. The van der Waals surface area contributed by atoms with E-state index >= 15 is 0 Å². The molecule has 34 heavy (non-hydrogen) atoms. The van der Waals surface area contributed by atoms with Gasteiger partial charge >= 0.3 is 52.9 Å². The van der Waals surface area contributed by atoms with Gasteiger partial charge in [0, 0.05) is 0 Å². The van der Waals surface area contributed by atoms with E-state index in [0.29, 0.717) is 19.2 Å². The Kier molecular flexibility index (Phi) is 45.7. The van der Waals surface area contributed by atoms with E-state index in [1.165, 1.54) is 83.5 Å². The van der Waals surface area contributed by atoms with Gasteiger partial charge in [-0.05, 0) is 0 Å². The van der Waals surface area contributed by atoms with Crippen LogP contribution in [0.4, 0.5) is 0 Å². The van der Waals surface area contributed by atoms with Gasteiger partial charge in [-0.3, -0.25) is 0 Å². The third-order valence-electron chi connectivity index (χ3n) is 5.11. The summed E-state index contributed by atoms with van der Waals surface area (Å²) in [6.45, 7) is 19.7. The van der Waals surface area contributed by atoms with Crippen molar-refractivity contribution in [1.82, 2.24) is 0 Å². The van der Waals surface area contributed by atoms with Gasteiger partial charge in [-0.15, -0.1) is 39.3 Å². The molecular formula is C30H62N3Ti. The first-order chi connectivity index (χ1) is 16.7. The second-order valence-corrected chi connectivity index (χ2v) is 10.5. The number of hydrogen-bond donors (Lipinski definition) is 0. The molecule has 0 fully saturated rings. The molecule has 0 heterocycles. The molecule has 4 heteroatoms. The predicted molar refractivity (Wildman–Crippen MR) is 156 cm³/mol. The van der Waals surface area contributed by atoms with Crippen molar-refractivity contribution in [3.05, 3.63) is 38.1 Å². The maximum absolute atomic E-state index is 4.35. The molecule has 0 N–H and O–H groups in total. The average Bonchev–Trinajstić information content (AvgIpc) is 3.39. The predicted octanol–water partition coefficient (Wildman–Crippen LogP) is 10.8. The summed E-state index contributed by atoms with van der Waals surface area (Å²) >= 11 is 0.292. The molecule has 1 rings (SSSR count). The molecule has 0 aromatic carbocycles. The Morgan fingerprint density at radius 3 is 1.00 bits per heavy atom. The Morgan fingerprint density at radius 1 is 0.559 bits per heavy atom. The van der Waals surface area contributed by atoms with Crippen LogP contribution in [0.1, 0.15) is 125 Å². The van der Waals surface area contributed by atoms with Gasteiger partial charge in [0.05, 0.1) is 0 Å². The van der Waals surface area contributed by atoms with Crippen molar-refractivity contribution < 1.29 is 19.2 Å². The van der Waals surface area contributed by atoms with Crippen molar-refractivity contribution in [2.24, 2.45) is 0 Å². The molecule has 0 atom stereocenters. The first kappa shape index (κ1) is 38.6. The zero-order valence-electron chi connectivity index (χ0n) is 24.5. The summed E-state index contributed by atoms with van der Waals surface area (Å²) < 4.78 is 1.68. The van der Waals surface area contributed by atoms with Crippen LogP contribution in [0, 0.1) is 0 Å². The summed E-state index contributed by atoms with van der Waals surface area (Å²) in [5.74, 6) is 0. The molecule has 3 nitrogen and oxygen atoms in total. The van der Waals surface area contributed by atoms with Crippen molar-refractivity contribution in [3.8, 4) is 0 Å². The SMILES string of the molecule is CCCC[N-]CCCC.CCCC[N-]CCCC.CCCC[N-]CCCC.[CH3][Ti+3][C]1=CC=CC1. The molecule has 0 aromatic heterocycles. The molecule has 0 spiro atoms. The fourth-order valence-corrected chi connectivity index (χ4v) is 3.50. The molecule has 0 aromatic rings. The van der Waals surface area contributed by atoms with Crippen molar-refractivity contribution in [2.75, 3.05) is 39.3 Å². The van der Waals surface area contributed by atoms with E-state index in [1.54, 1.807) is 3.88 Å². The summed E-state index contributed by atoms with van der Waals surface area (Å²) in [5, 5.41) is 15.4. The van der Waals surface area contributed by atoms with Crippen LogP contribution in [0.15, 0.2) is 22.1 Å². The third kappa shape index (κ3) is 42.3. The van der Waals surface area contributed by atoms with Gasteiger partial charge in [-0.25, -0.2) is 0 Å². The van der Waals surface area contributed by atoms with Gasteiger partial charge in [-0.2, -0.15) is 0 Å². The standard InChI is InChI=1S/3C8H18N.C5H5.CH3.Ti/c3*1-3-5-7-9-8-6-4-2;1-2-4-5-3-1;;/h3*3-8H2,1-2H3;1-3H,4H2;1H3;/q3*-1;;;+3. The van der Waals surface area contributed by atoms with Gasteiger partial charge in [0.15, 0.2) is 0 Å². The van der Waals surface area contributed by atoms with Crippen molar-refractivity contribution in [2.45, 2.75) is 130 Å². The molecule has 1 aliphatic rings. The van der Waals surface area contributed by atoms with E-state index in [4.69, 9.17) is 0 Å². The monoisotopic (exact) mass is 512 g/mol. The molecule has 0 aliphatic heterocycles. The first-order valence-electron chi connectivity index (χ1n) is 14.6. The zero-order valence-corrected chi connectivity index (χ0v) is 26.1. The second kappa shape index (κ2) is 40.3.